The van der Waals surface area contributed by atoms with E-state index in [2.05, 4.69) is 14.7 Å². The van der Waals surface area contributed by atoms with Gasteiger partial charge in [0.25, 0.3) is 5.56 Å². The number of methoxy groups -OCH3 is 1. The molecule has 1 aromatic carbocycles. The van der Waals surface area contributed by atoms with Crippen molar-refractivity contribution in [3.63, 3.8) is 0 Å². The van der Waals surface area contributed by atoms with Crippen LogP contribution in [-0.4, -0.2) is 27.6 Å². The first-order valence-corrected chi connectivity index (χ1v) is 7.29. The van der Waals surface area contributed by atoms with Gasteiger partial charge in [0, 0.05) is 17.8 Å². The van der Waals surface area contributed by atoms with Gasteiger partial charge < -0.3 is 15.0 Å². The van der Waals surface area contributed by atoms with E-state index < -0.39 is 5.97 Å². The number of nitrogen functional groups attached to an aromatic ring is 1. The number of nitrogens with two attached hydrogens (primary N) is 1. The van der Waals surface area contributed by atoms with Gasteiger partial charge in [-0.15, -0.1) is 0 Å². The zero-order chi connectivity index (χ0) is 17.3. The van der Waals surface area contributed by atoms with Gasteiger partial charge in [0.1, 0.15) is 6.54 Å². The molecule has 0 unspecified atom stereocenters. The Bertz CT molecular complexity index is 995. The molecule has 7 nitrogen and oxygen atoms in total. The first kappa shape index (κ1) is 15.7. The lowest BCUT2D eigenvalue weighted by molar-refractivity contribution is -0.141. The summed E-state index contributed by atoms with van der Waals surface area (Å²) in [5.41, 5.74) is 8.11. The third-order valence-corrected chi connectivity index (χ3v) is 3.79. The van der Waals surface area contributed by atoms with Crippen molar-refractivity contribution in [3.05, 3.63) is 52.6 Å². The summed E-state index contributed by atoms with van der Waals surface area (Å²) >= 11 is 0. The molecule has 2 aromatic heterocycles. The molecule has 0 fully saturated rings. The second-order valence-electron chi connectivity index (χ2n) is 5.38. The summed E-state index contributed by atoms with van der Waals surface area (Å²) in [7, 11) is 1.29. The third kappa shape index (κ3) is 2.83. The molecule has 0 bridgehead atoms. The van der Waals surface area contributed by atoms with Gasteiger partial charge in [-0.3, -0.25) is 9.59 Å². The first-order valence-electron chi connectivity index (χ1n) is 7.29. The van der Waals surface area contributed by atoms with Crippen molar-refractivity contribution >= 4 is 22.8 Å². The molecule has 24 heavy (non-hydrogen) atoms. The molecule has 7 heteroatoms. The van der Waals surface area contributed by atoms with Crippen LogP contribution in [0.4, 0.5) is 5.95 Å². The molecule has 0 spiro atoms. The molecule has 122 valence electrons. The molecular formula is C17H16N4O3. The van der Waals surface area contributed by atoms with Crippen molar-refractivity contribution in [2.75, 3.05) is 12.8 Å². The Morgan fingerprint density at radius 1 is 1.33 bits per heavy atom. The molecular weight excluding hydrogens is 308 g/mol. The van der Waals surface area contributed by atoms with Gasteiger partial charge in [-0.1, -0.05) is 6.07 Å². The Hall–Kier alpha value is -3.22. The minimum atomic E-state index is -0.478. The lowest BCUT2D eigenvalue weighted by Crippen LogP contribution is -2.26. The number of aryl methyl sites for hydroxylation is 1. The number of esters is 1. The quantitative estimate of drug-likeness (QED) is 0.733. The maximum Gasteiger partial charge on any atom is 0.325 e. The first-order chi connectivity index (χ1) is 11.5. The van der Waals surface area contributed by atoms with Gasteiger partial charge in [-0.25, -0.2) is 9.97 Å². The number of fused-ring (bicyclic) bond motifs is 1. The Balaban J connectivity index is 2.15. The zero-order valence-electron chi connectivity index (χ0n) is 13.3. The molecule has 0 aliphatic rings. The van der Waals surface area contributed by atoms with Gasteiger partial charge >= 0.3 is 5.97 Å². The maximum atomic E-state index is 12.7. The third-order valence-electron chi connectivity index (χ3n) is 3.79. The molecule has 0 saturated carbocycles. The number of rotatable bonds is 3. The molecule has 2 N–H and O–H groups in total. The fourth-order valence-electron chi connectivity index (χ4n) is 2.55. The van der Waals surface area contributed by atoms with Crippen LogP contribution in [0.2, 0.25) is 0 Å². The summed E-state index contributed by atoms with van der Waals surface area (Å²) in [6.45, 7) is 1.72. The molecule has 0 saturated heterocycles. The number of hydrogen-bond acceptors (Lipinski definition) is 6. The van der Waals surface area contributed by atoms with Gasteiger partial charge in [0.15, 0.2) is 0 Å². The summed E-state index contributed by atoms with van der Waals surface area (Å²) in [5, 5.41) is 0.781. The van der Waals surface area contributed by atoms with Crippen LogP contribution in [0.15, 0.2) is 41.5 Å². The predicted molar refractivity (Wildman–Crippen MR) is 90.4 cm³/mol. The van der Waals surface area contributed by atoms with Crippen molar-refractivity contribution in [1.29, 1.82) is 0 Å². The zero-order valence-corrected chi connectivity index (χ0v) is 13.3. The summed E-state index contributed by atoms with van der Waals surface area (Å²) in [5.74, 6) is -0.277. The average Bonchev–Trinajstić information content (AvgIpc) is 2.57. The molecule has 3 rings (SSSR count). The topological polar surface area (TPSA) is 100 Å². The fourth-order valence-corrected chi connectivity index (χ4v) is 2.55. The van der Waals surface area contributed by atoms with Gasteiger partial charge in [0.05, 0.1) is 18.2 Å². The molecule has 3 aromatic rings. The van der Waals surface area contributed by atoms with Crippen LogP contribution >= 0.6 is 0 Å². The van der Waals surface area contributed by atoms with Gasteiger partial charge in [-0.05, 0) is 36.2 Å². The van der Waals surface area contributed by atoms with E-state index in [1.54, 1.807) is 30.6 Å². The molecule has 2 heterocycles. The average molecular weight is 324 g/mol. The van der Waals surface area contributed by atoms with Crippen molar-refractivity contribution in [2.45, 2.75) is 13.5 Å². The monoisotopic (exact) mass is 324 g/mol. The van der Waals surface area contributed by atoms with E-state index in [0.717, 1.165) is 16.5 Å². The van der Waals surface area contributed by atoms with Crippen LogP contribution < -0.4 is 11.3 Å². The number of aromatic nitrogens is 3. The van der Waals surface area contributed by atoms with E-state index in [4.69, 9.17) is 5.73 Å². The number of nitrogens with zero attached hydrogens (tertiary/aromatic N) is 3. The summed E-state index contributed by atoms with van der Waals surface area (Å²) in [4.78, 5) is 32.3. The lowest BCUT2D eigenvalue weighted by Gasteiger charge is -2.11. The molecule has 0 aliphatic heterocycles. The number of carbonyl (C=O) groups excluding carboxylic acids is 1. The Labute approximate surface area is 137 Å². The van der Waals surface area contributed by atoms with Crippen molar-refractivity contribution < 1.29 is 9.53 Å². The summed E-state index contributed by atoms with van der Waals surface area (Å²) < 4.78 is 5.96. The van der Waals surface area contributed by atoms with Crippen LogP contribution in [0.1, 0.15) is 5.56 Å². The van der Waals surface area contributed by atoms with E-state index in [1.165, 1.54) is 11.7 Å². The SMILES string of the molecule is COC(=O)Cn1ccc(C)c(-c2ccc3nc(N)ncc3c2)c1=O. The number of ether oxygens (including phenoxy) is 1. The largest absolute Gasteiger partial charge is 0.468 e. The Morgan fingerprint density at radius 3 is 2.88 bits per heavy atom. The highest BCUT2D eigenvalue weighted by Crippen LogP contribution is 2.23. The fraction of sp³-hybridized carbons (Fsp3) is 0.176. The highest BCUT2D eigenvalue weighted by molar-refractivity contribution is 5.85. The normalized spacial score (nSPS) is 10.8. The van der Waals surface area contributed by atoms with E-state index in [-0.39, 0.29) is 18.1 Å². The highest BCUT2D eigenvalue weighted by atomic mass is 16.5. The van der Waals surface area contributed by atoms with Gasteiger partial charge in [0.2, 0.25) is 5.95 Å². The predicted octanol–water partition coefficient (Wildman–Crippen LogP) is 1.52. The smallest absolute Gasteiger partial charge is 0.325 e. The minimum absolute atomic E-state index is 0.129. The van der Waals surface area contributed by atoms with Crippen LogP contribution in [0.25, 0.3) is 22.0 Å². The summed E-state index contributed by atoms with van der Waals surface area (Å²) in [6, 6.07) is 7.23. The van der Waals surface area contributed by atoms with Crippen LogP contribution in [0.3, 0.4) is 0 Å². The molecule has 0 atom stereocenters. The second-order valence-corrected chi connectivity index (χ2v) is 5.38. The Kier molecular flexibility index (Phi) is 3.99. The summed E-state index contributed by atoms with van der Waals surface area (Å²) in [6.07, 6.45) is 3.20. The minimum Gasteiger partial charge on any atom is -0.468 e. The Morgan fingerprint density at radius 2 is 2.12 bits per heavy atom. The van der Waals surface area contributed by atoms with Crippen molar-refractivity contribution in [3.8, 4) is 11.1 Å². The van der Waals surface area contributed by atoms with E-state index in [0.29, 0.717) is 11.1 Å². The standard InChI is InChI=1S/C17H16N4O3/c1-10-5-6-21(9-14(22)24-2)16(23)15(10)11-3-4-13-12(7-11)8-19-17(18)20-13/h3-8H,9H2,1-2H3,(H2,18,19,20). The van der Waals surface area contributed by atoms with Crippen LogP contribution in [-0.2, 0) is 16.1 Å². The maximum absolute atomic E-state index is 12.7. The number of benzene rings is 1. The number of hydrogen-bond donors (Lipinski definition) is 1. The lowest BCUT2D eigenvalue weighted by atomic mass is 10.0. The van der Waals surface area contributed by atoms with E-state index in [1.807, 2.05) is 13.0 Å². The molecule has 0 aliphatic carbocycles. The van der Waals surface area contributed by atoms with Gasteiger partial charge in [-0.2, -0.15) is 0 Å². The second kappa shape index (κ2) is 6.11. The van der Waals surface area contributed by atoms with E-state index in [9.17, 15) is 9.59 Å². The molecule has 0 amide bonds. The highest BCUT2D eigenvalue weighted by Gasteiger charge is 2.13. The van der Waals surface area contributed by atoms with E-state index >= 15 is 0 Å². The van der Waals surface area contributed by atoms with Crippen LogP contribution in [0, 0.1) is 6.92 Å². The molecule has 0 radical (unpaired) electrons. The number of anilines is 1. The number of pyridine rings is 1. The van der Waals surface area contributed by atoms with Crippen molar-refractivity contribution in [2.24, 2.45) is 0 Å². The van der Waals surface area contributed by atoms with Crippen LogP contribution in [0.5, 0.6) is 0 Å². The van der Waals surface area contributed by atoms with Crippen molar-refractivity contribution in [1.82, 2.24) is 14.5 Å². The number of carbonyl (C=O) groups is 1.